The van der Waals surface area contributed by atoms with Crippen LogP contribution in [0, 0.1) is 21.7 Å². The minimum atomic E-state index is -0.919. The van der Waals surface area contributed by atoms with E-state index < -0.39 is 22.7 Å². The SMILES string of the molecule is O=[N+]([O-])c1cnn(C[C@@H](O)CN2CCCc3cc(F)c(F)cc32)c1. The summed E-state index contributed by atoms with van der Waals surface area (Å²) in [6.07, 6.45) is 2.93. The fraction of sp³-hybridized carbons (Fsp3) is 0.400. The van der Waals surface area contributed by atoms with Gasteiger partial charge in [0, 0.05) is 24.8 Å². The van der Waals surface area contributed by atoms with Gasteiger partial charge in [0.1, 0.15) is 12.4 Å². The second-order valence-corrected chi connectivity index (χ2v) is 5.78. The van der Waals surface area contributed by atoms with Crippen molar-refractivity contribution in [1.29, 1.82) is 0 Å². The van der Waals surface area contributed by atoms with Gasteiger partial charge in [0.2, 0.25) is 0 Å². The van der Waals surface area contributed by atoms with Crippen LogP contribution >= 0.6 is 0 Å². The molecule has 0 fully saturated rings. The first-order chi connectivity index (χ1) is 11.4. The van der Waals surface area contributed by atoms with Crippen LogP contribution in [0.5, 0.6) is 0 Å². The van der Waals surface area contributed by atoms with Crippen LogP contribution in [0.2, 0.25) is 0 Å². The fourth-order valence-electron chi connectivity index (χ4n) is 2.92. The maximum Gasteiger partial charge on any atom is 0.306 e. The van der Waals surface area contributed by atoms with E-state index in [0.717, 1.165) is 18.7 Å². The van der Waals surface area contributed by atoms with Crippen LogP contribution in [-0.2, 0) is 13.0 Å². The first-order valence-electron chi connectivity index (χ1n) is 7.52. The number of aliphatic hydroxyl groups excluding tert-OH is 1. The summed E-state index contributed by atoms with van der Waals surface area (Å²) in [5, 5.41) is 24.7. The summed E-state index contributed by atoms with van der Waals surface area (Å²) in [5.74, 6) is -1.79. The van der Waals surface area contributed by atoms with Crippen molar-refractivity contribution in [2.45, 2.75) is 25.5 Å². The molecule has 0 radical (unpaired) electrons. The van der Waals surface area contributed by atoms with Crippen LogP contribution < -0.4 is 4.90 Å². The highest BCUT2D eigenvalue weighted by Gasteiger charge is 2.22. The molecule has 0 unspecified atom stereocenters. The third-order valence-electron chi connectivity index (χ3n) is 4.00. The van der Waals surface area contributed by atoms with Crippen LogP contribution in [0.15, 0.2) is 24.5 Å². The van der Waals surface area contributed by atoms with Crippen LogP contribution in [0.4, 0.5) is 20.2 Å². The molecular weight excluding hydrogens is 322 g/mol. The van der Waals surface area contributed by atoms with Gasteiger partial charge in [-0.15, -0.1) is 0 Å². The number of fused-ring (bicyclic) bond motifs is 1. The van der Waals surface area contributed by atoms with E-state index in [1.807, 2.05) is 0 Å². The van der Waals surface area contributed by atoms with Crippen molar-refractivity contribution in [3.63, 3.8) is 0 Å². The molecule has 0 aliphatic carbocycles. The van der Waals surface area contributed by atoms with Gasteiger partial charge in [0.05, 0.1) is 17.6 Å². The van der Waals surface area contributed by atoms with Crippen LogP contribution in [0.25, 0.3) is 0 Å². The third-order valence-corrected chi connectivity index (χ3v) is 4.00. The molecule has 3 rings (SSSR count). The molecule has 0 saturated heterocycles. The molecule has 2 aromatic rings. The zero-order chi connectivity index (χ0) is 17.3. The maximum absolute atomic E-state index is 13.5. The molecule has 1 aliphatic rings. The third kappa shape index (κ3) is 3.35. The Morgan fingerprint density at radius 1 is 1.33 bits per heavy atom. The van der Waals surface area contributed by atoms with Gasteiger partial charge in [-0.25, -0.2) is 8.78 Å². The van der Waals surface area contributed by atoms with Crippen molar-refractivity contribution in [3.05, 3.63) is 51.8 Å². The molecule has 1 aromatic carbocycles. The predicted octanol–water partition coefficient (Wildman–Crippen LogP) is 1.88. The molecular formula is C15H16F2N4O3. The molecule has 0 bridgehead atoms. The molecule has 7 nitrogen and oxygen atoms in total. The van der Waals surface area contributed by atoms with Gasteiger partial charge in [-0.05, 0) is 24.5 Å². The van der Waals surface area contributed by atoms with E-state index in [0.29, 0.717) is 24.2 Å². The molecule has 0 amide bonds. The second-order valence-electron chi connectivity index (χ2n) is 5.78. The topological polar surface area (TPSA) is 84.4 Å². The van der Waals surface area contributed by atoms with E-state index in [1.165, 1.54) is 16.9 Å². The molecule has 128 valence electrons. The molecule has 2 heterocycles. The number of aromatic nitrogens is 2. The molecule has 1 aromatic heterocycles. The van der Waals surface area contributed by atoms with Gasteiger partial charge in [-0.3, -0.25) is 14.8 Å². The quantitative estimate of drug-likeness (QED) is 0.665. The van der Waals surface area contributed by atoms with Crippen LogP contribution in [0.1, 0.15) is 12.0 Å². The summed E-state index contributed by atoms with van der Waals surface area (Å²) >= 11 is 0. The van der Waals surface area contributed by atoms with Crippen molar-refractivity contribution < 1.29 is 18.8 Å². The highest BCUT2D eigenvalue weighted by Crippen LogP contribution is 2.29. The van der Waals surface area contributed by atoms with E-state index in [4.69, 9.17) is 0 Å². The lowest BCUT2D eigenvalue weighted by Gasteiger charge is -2.33. The first-order valence-corrected chi connectivity index (χ1v) is 7.52. The number of halogens is 2. The monoisotopic (exact) mass is 338 g/mol. The number of nitrogens with zero attached hydrogens (tertiary/aromatic N) is 4. The number of rotatable bonds is 5. The van der Waals surface area contributed by atoms with Crippen molar-refractivity contribution in [2.24, 2.45) is 0 Å². The zero-order valence-electron chi connectivity index (χ0n) is 12.7. The Morgan fingerprint density at radius 3 is 2.79 bits per heavy atom. The normalized spacial score (nSPS) is 15.2. The van der Waals surface area contributed by atoms with E-state index in [2.05, 4.69) is 5.10 Å². The minimum Gasteiger partial charge on any atom is -0.389 e. The number of aliphatic hydroxyl groups is 1. The van der Waals surface area contributed by atoms with Gasteiger partial charge in [0.25, 0.3) is 0 Å². The fourth-order valence-corrected chi connectivity index (χ4v) is 2.92. The summed E-state index contributed by atoms with van der Waals surface area (Å²) in [5.41, 5.74) is 1.13. The number of β-amino-alcohol motifs (C(OH)–C–C–N with tert-alkyl or cyclic N) is 1. The van der Waals surface area contributed by atoms with E-state index in [1.54, 1.807) is 4.90 Å². The van der Waals surface area contributed by atoms with Gasteiger partial charge >= 0.3 is 5.69 Å². The lowest BCUT2D eigenvalue weighted by atomic mass is 10.0. The van der Waals surface area contributed by atoms with Gasteiger partial charge < -0.3 is 10.0 Å². The Hall–Kier alpha value is -2.55. The van der Waals surface area contributed by atoms with Crippen molar-refractivity contribution in [1.82, 2.24) is 9.78 Å². The number of nitro groups is 1. The Balaban J connectivity index is 1.70. The Kier molecular flexibility index (Phi) is 4.43. The molecule has 24 heavy (non-hydrogen) atoms. The lowest BCUT2D eigenvalue weighted by molar-refractivity contribution is -0.385. The van der Waals surface area contributed by atoms with E-state index in [-0.39, 0.29) is 18.8 Å². The standard InChI is InChI=1S/C15H16F2N4O3/c16-13-4-10-2-1-3-19(15(10)5-14(13)17)8-12(22)9-20-7-11(6-18-20)21(23)24/h4-7,12,22H,1-3,8-9H2/t12-/m0/s1. The van der Waals surface area contributed by atoms with E-state index >= 15 is 0 Å². The summed E-state index contributed by atoms with van der Waals surface area (Å²) in [4.78, 5) is 11.9. The lowest BCUT2D eigenvalue weighted by Crippen LogP contribution is -2.38. The molecule has 0 saturated carbocycles. The Bertz CT molecular complexity index is 765. The van der Waals surface area contributed by atoms with Crippen LogP contribution in [0.3, 0.4) is 0 Å². The Labute approximate surface area is 136 Å². The molecule has 9 heteroatoms. The number of benzene rings is 1. The maximum atomic E-state index is 13.5. The number of aryl methyl sites for hydroxylation is 1. The van der Waals surface area contributed by atoms with Crippen molar-refractivity contribution in [2.75, 3.05) is 18.0 Å². The second kappa shape index (κ2) is 6.52. The highest BCUT2D eigenvalue weighted by molar-refractivity contribution is 5.56. The van der Waals surface area contributed by atoms with Crippen molar-refractivity contribution >= 4 is 11.4 Å². The average molecular weight is 338 g/mol. The van der Waals surface area contributed by atoms with Crippen molar-refractivity contribution in [3.8, 4) is 0 Å². The van der Waals surface area contributed by atoms with Gasteiger partial charge in [-0.1, -0.05) is 0 Å². The predicted molar refractivity (Wildman–Crippen MR) is 81.8 cm³/mol. The van der Waals surface area contributed by atoms with Gasteiger partial charge in [0.15, 0.2) is 11.6 Å². The van der Waals surface area contributed by atoms with Gasteiger partial charge in [-0.2, -0.15) is 5.10 Å². The smallest absolute Gasteiger partial charge is 0.306 e. The molecule has 1 aliphatic heterocycles. The highest BCUT2D eigenvalue weighted by atomic mass is 19.2. The van der Waals surface area contributed by atoms with Crippen LogP contribution in [-0.4, -0.2) is 39.0 Å². The molecule has 1 atom stereocenters. The zero-order valence-corrected chi connectivity index (χ0v) is 12.7. The van der Waals surface area contributed by atoms with E-state index in [9.17, 15) is 24.0 Å². The Morgan fingerprint density at radius 2 is 2.08 bits per heavy atom. The largest absolute Gasteiger partial charge is 0.389 e. The summed E-state index contributed by atoms with van der Waals surface area (Å²) in [6.45, 7) is 0.892. The minimum absolute atomic E-state index is 0.0728. The number of anilines is 1. The number of hydrogen-bond acceptors (Lipinski definition) is 5. The summed E-state index contributed by atoms with van der Waals surface area (Å²) in [6, 6.07) is 2.34. The molecule has 1 N–H and O–H groups in total. The number of hydrogen-bond donors (Lipinski definition) is 1. The summed E-state index contributed by atoms with van der Waals surface area (Å²) < 4.78 is 28.1. The average Bonchev–Trinajstić information content (AvgIpc) is 2.98. The first kappa shape index (κ1) is 16.3. The molecule has 0 spiro atoms. The summed E-state index contributed by atoms with van der Waals surface area (Å²) in [7, 11) is 0.